The maximum Gasteiger partial charge on any atom is 0.401 e. The number of nitrogens with zero attached hydrogens (tertiary/aromatic N) is 2. The molecule has 2 atom stereocenters. The van der Waals surface area contributed by atoms with Crippen LogP contribution < -0.4 is 4.74 Å². The maximum absolute atomic E-state index is 13.4. The van der Waals surface area contributed by atoms with E-state index in [2.05, 4.69) is 11.1 Å². The summed E-state index contributed by atoms with van der Waals surface area (Å²) in [4.78, 5) is 5.55. The molecule has 0 N–H and O–H groups in total. The van der Waals surface area contributed by atoms with Crippen molar-refractivity contribution in [1.82, 2.24) is 9.88 Å². The van der Waals surface area contributed by atoms with Crippen molar-refractivity contribution in [3.05, 3.63) is 63.9 Å². The molecular formula is C21H20ClF3N2O. The number of alkyl halides is 3. The van der Waals surface area contributed by atoms with Crippen LogP contribution >= 0.6 is 11.6 Å². The average Bonchev–Trinajstić information content (AvgIpc) is 2.99. The Morgan fingerprint density at radius 3 is 2.75 bits per heavy atom. The summed E-state index contributed by atoms with van der Waals surface area (Å²) in [6.45, 7) is 0.855. The molecule has 28 heavy (non-hydrogen) atoms. The molecule has 1 aromatic heterocycles. The average molecular weight is 409 g/mol. The second kappa shape index (κ2) is 7.08. The van der Waals surface area contributed by atoms with E-state index >= 15 is 0 Å². The maximum atomic E-state index is 13.4. The van der Waals surface area contributed by atoms with Gasteiger partial charge in [0.1, 0.15) is 10.9 Å². The third-order valence-corrected chi connectivity index (χ3v) is 5.79. The SMILES string of the molecule is COc1cnc(Cl)cc1[C@@H]1C2=C(C[C@@H](C)N1CC(F)(F)F)c1ccccc1C2. The molecule has 2 aromatic rings. The van der Waals surface area contributed by atoms with Gasteiger partial charge in [0.25, 0.3) is 0 Å². The lowest BCUT2D eigenvalue weighted by Gasteiger charge is -2.42. The third-order valence-electron chi connectivity index (χ3n) is 5.58. The van der Waals surface area contributed by atoms with Crippen LogP contribution in [0.5, 0.6) is 5.75 Å². The number of pyridine rings is 1. The van der Waals surface area contributed by atoms with Crippen molar-refractivity contribution in [2.45, 2.75) is 38.0 Å². The summed E-state index contributed by atoms with van der Waals surface area (Å²) in [5.74, 6) is 0.443. The highest BCUT2D eigenvalue weighted by Crippen LogP contribution is 2.50. The van der Waals surface area contributed by atoms with Crippen LogP contribution in [0.4, 0.5) is 13.2 Å². The lowest BCUT2D eigenvalue weighted by molar-refractivity contribution is -0.155. The first kappa shape index (κ1) is 19.3. The van der Waals surface area contributed by atoms with Crippen LogP contribution in [0, 0.1) is 0 Å². The van der Waals surface area contributed by atoms with E-state index in [1.54, 1.807) is 6.07 Å². The van der Waals surface area contributed by atoms with E-state index in [9.17, 15) is 13.2 Å². The Morgan fingerprint density at radius 2 is 2.04 bits per heavy atom. The van der Waals surface area contributed by atoms with Gasteiger partial charge in [0, 0.05) is 11.6 Å². The van der Waals surface area contributed by atoms with Gasteiger partial charge >= 0.3 is 6.18 Å². The second-order valence-electron chi connectivity index (χ2n) is 7.33. The summed E-state index contributed by atoms with van der Waals surface area (Å²) in [6.07, 6.45) is -1.62. The fourth-order valence-electron chi connectivity index (χ4n) is 4.46. The molecule has 1 aromatic carbocycles. The molecule has 0 spiro atoms. The Morgan fingerprint density at radius 1 is 1.29 bits per heavy atom. The van der Waals surface area contributed by atoms with Gasteiger partial charge in [0.2, 0.25) is 0 Å². The molecule has 0 bridgehead atoms. The first-order chi connectivity index (χ1) is 13.3. The highest BCUT2D eigenvalue weighted by atomic mass is 35.5. The summed E-state index contributed by atoms with van der Waals surface area (Å²) in [7, 11) is 1.49. The van der Waals surface area contributed by atoms with Crippen LogP contribution in [0.2, 0.25) is 5.15 Å². The monoisotopic (exact) mass is 408 g/mol. The van der Waals surface area contributed by atoms with Crippen molar-refractivity contribution in [2.24, 2.45) is 0 Å². The van der Waals surface area contributed by atoms with Gasteiger partial charge in [-0.15, -0.1) is 0 Å². The quantitative estimate of drug-likeness (QED) is 0.631. The number of halogens is 4. The minimum absolute atomic E-state index is 0.235. The van der Waals surface area contributed by atoms with Gasteiger partial charge in [-0.3, -0.25) is 4.90 Å². The molecule has 0 saturated heterocycles. The Bertz CT molecular complexity index is 941. The largest absolute Gasteiger partial charge is 0.495 e. The standard InChI is InChI=1S/C21H20ClF3N2O/c1-12-7-15-14-6-4-3-5-13(14)8-16(15)20(27(12)11-21(23,24)25)17-9-19(22)26-10-18(17)28-2/h3-6,9-10,12,20H,7-8,11H2,1-2H3/t12-,20+/m1/s1. The topological polar surface area (TPSA) is 25.4 Å². The molecule has 2 heterocycles. The minimum Gasteiger partial charge on any atom is -0.495 e. The molecule has 7 heteroatoms. The van der Waals surface area contributed by atoms with E-state index in [1.165, 1.54) is 18.2 Å². The number of ether oxygens (including phenoxy) is 1. The fraction of sp³-hybridized carbons (Fsp3) is 0.381. The van der Waals surface area contributed by atoms with Crippen LogP contribution in [0.15, 0.2) is 42.1 Å². The van der Waals surface area contributed by atoms with Gasteiger partial charge in [0.05, 0.1) is 25.9 Å². The van der Waals surface area contributed by atoms with Gasteiger partial charge in [-0.2, -0.15) is 13.2 Å². The molecule has 0 fully saturated rings. The van der Waals surface area contributed by atoms with E-state index in [4.69, 9.17) is 16.3 Å². The molecule has 0 amide bonds. The normalized spacial score (nSPS) is 22.2. The second-order valence-corrected chi connectivity index (χ2v) is 7.72. The number of aromatic nitrogens is 1. The van der Waals surface area contributed by atoms with Gasteiger partial charge in [-0.25, -0.2) is 4.98 Å². The van der Waals surface area contributed by atoms with Crippen molar-refractivity contribution in [2.75, 3.05) is 13.7 Å². The van der Waals surface area contributed by atoms with Crippen molar-refractivity contribution in [3.63, 3.8) is 0 Å². The van der Waals surface area contributed by atoms with Crippen LogP contribution in [-0.4, -0.2) is 35.8 Å². The zero-order chi connectivity index (χ0) is 20.1. The van der Waals surface area contributed by atoms with Crippen molar-refractivity contribution >= 4 is 17.2 Å². The summed E-state index contributed by atoms with van der Waals surface area (Å²) >= 11 is 6.12. The molecule has 2 aliphatic rings. The van der Waals surface area contributed by atoms with Gasteiger partial charge in [-0.05, 0) is 48.1 Å². The predicted molar refractivity (Wildman–Crippen MR) is 102 cm³/mol. The number of hydrogen-bond acceptors (Lipinski definition) is 3. The van der Waals surface area contributed by atoms with Crippen LogP contribution in [0.1, 0.15) is 36.1 Å². The van der Waals surface area contributed by atoms with Crippen molar-refractivity contribution in [3.8, 4) is 5.75 Å². The number of fused-ring (bicyclic) bond motifs is 2. The molecule has 1 aliphatic heterocycles. The summed E-state index contributed by atoms with van der Waals surface area (Å²) in [5.41, 5.74) is 5.04. The lowest BCUT2D eigenvalue weighted by atomic mass is 9.85. The number of methoxy groups -OCH3 is 1. The highest BCUT2D eigenvalue weighted by Gasteiger charge is 2.44. The predicted octanol–water partition coefficient (Wildman–Crippen LogP) is 5.45. The summed E-state index contributed by atoms with van der Waals surface area (Å²) in [6, 6.07) is 8.81. The molecule has 0 radical (unpaired) electrons. The van der Waals surface area contributed by atoms with E-state index in [-0.39, 0.29) is 11.2 Å². The van der Waals surface area contributed by atoms with E-state index in [0.717, 1.165) is 22.3 Å². The fourth-order valence-corrected chi connectivity index (χ4v) is 4.63. The highest BCUT2D eigenvalue weighted by molar-refractivity contribution is 6.29. The molecule has 1 aliphatic carbocycles. The smallest absolute Gasteiger partial charge is 0.401 e. The van der Waals surface area contributed by atoms with E-state index in [1.807, 2.05) is 25.1 Å². The number of rotatable bonds is 3. The van der Waals surface area contributed by atoms with E-state index < -0.39 is 18.8 Å². The zero-order valence-corrected chi connectivity index (χ0v) is 16.3. The zero-order valence-electron chi connectivity index (χ0n) is 15.6. The lowest BCUT2D eigenvalue weighted by Crippen LogP contribution is -2.46. The van der Waals surface area contributed by atoms with Gasteiger partial charge in [-0.1, -0.05) is 35.9 Å². The Kier molecular flexibility index (Phi) is 4.88. The summed E-state index contributed by atoms with van der Waals surface area (Å²) < 4.78 is 45.8. The van der Waals surface area contributed by atoms with Crippen LogP contribution in [-0.2, 0) is 6.42 Å². The molecule has 4 rings (SSSR count). The van der Waals surface area contributed by atoms with Gasteiger partial charge in [0.15, 0.2) is 0 Å². The van der Waals surface area contributed by atoms with Crippen molar-refractivity contribution < 1.29 is 17.9 Å². The molecule has 0 saturated carbocycles. The Balaban J connectivity index is 1.89. The summed E-state index contributed by atoms with van der Waals surface area (Å²) in [5, 5.41) is 0.235. The molecular weight excluding hydrogens is 389 g/mol. The Hall–Kier alpha value is -2.05. The first-order valence-electron chi connectivity index (χ1n) is 9.10. The first-order valence-corrected chi connectivity index (χ1v) is 9.48. The minimum atomic E-state index is -4.31. The third kappa shape index (κ3) is 3.40. The van der Waals surface area contributed by atoms with Crippen molar-refractivity contribution in [1.29, 1.82) is 0 Å². The molecule has 0 unspecified atom stereocenters. The number of benzene rings is 1. The van der Waals surface area contributed by atoms with E-state index in [0.29, 0.717) is 24.2 Å². The Labute approximate surface area is 166 Å². The van der Waals surface area contributed by atoms with Crippen LogP contribution in [0.25, 0.3) is 5.57 Å². The molecule has 3 nitrogen and oxygen atoms in total. The van der Waals surface area contributed by atoms with Gasteiger partial charge < -0.3 is 4.74 Å². The molecule has 148 valence electrons. The van der Waals surface area contributed by atoms with Crippen LogP contribution in [0.3, 0.4) is 0 Å². The number of hydrogen-bond donors (Lipinski definition) is 0.